The van der Waals surface area contributed by atoms with Gasteiger partial charge in [0.25, 0.3) is 5.91 Å². The van der Waals surface area contributed by atoms with Crippen LogP contribution in [-0.4, -0.2) is 37.5 Å². The molecule has 0 aliphatic carbocycles. The van der Waals surface area contributed by atoms with Crippen LogP contribution in [0, 0.1) is 6.92 Å². The van der Waals surface area contributed by atoms with E-state index in [1.807, 2.05) is 38.1 Å². The fourth-order valence-corrected chi connectivity index (χ4v) is 2.29. The maximum Gasteiger partial charge on any atom is 0.271 e. The number of benzene rings is 1. The van der Waals surface area contributed by atoms with Gasteiger partial charge in [0.1, 0.15) is 17.1 Å². The molecule has 2 heterocycles. The van der Waals surface area contributed by atoms with Crippen molar-refractivity contribution in [1.82, 2.24) is 30.3 Å². The Kier molecular flexibility index (Phi) is 4.98. The van der Waals surface area contributed by atoms with Crippen molar-refractivity contribution in [3.63, 3.8) is 0 Å². The molecule has 8 heteroatoms. The number of aromatic nitrogens is 5. The van der Waals surface area contributed by atoms with E-state index in [-0.39, 0.29) is 18.1 Å². The molecule has 0 saturated heterocycles. The Balaban J connectivity index is 1.69. The van der Waals surface area contributed by atoms with Crippen molar-refractivity contribution in [2.24, 2.45) is 0 Å². The number of carbonyl (C=O) groups excluding carboxylic acids is 1. The number of amides is 1. The van der Waals surface area contributed by atoms with Crippen LogP contribution in [0.5, 0.6) is 5.75 Å². The summed E-state index contributed by atoms with van der Waals surface area (Å²) in [6.45, 7) is 4.73. The zero-order valence-electron chi connectivity index (χ0n) is 14.0. The van der Waals surface area contributed by atoms with Crippen LogP contribution in [0.4, 0.5) is 0 Å². The molecule has 3 aromatic rings. The first-order valence-electron chi connectivity index (χ1n) is 7.87. The monoisotopic (exact) mass is 338 g/mol. The molecule has 128 valence electrons. The Morgan fingerprint density at radius 2 is 2.04 bits per heavy atom. The summed E-state index contributed by atoms with van der Waals surface area (Å²) in [5.41, 5.74) is 2.67. The lowest BCUT2D eigenvalue weighted by molar-refractivity contribution is 0.0945. The number of rotatable bonds is 6. The molecule has 1 N–H and O–H groups in total. The number of nitrogens with one attached hydrogen (secondary N) is 1. The van der Waals surface area contributed by atoms with Crippen molar-refractivity contribution in [2.75, 3.05) is 6.61 Å². The zero-order chi connectivity index (χ0) is 17.6. The Labute approximate surface area is 144 Å². The molecule has 8 nitrogen and oxygen atoms in total. The molecule has 0 aliphatic heterocycles. The molecular formula is C17H18N6O2. The normalized spacial score (nSPS) is 10.5. The van der Waals surface area contributed by atoms with E-state index in [2.05, 4.69) is 25.6 Å². The number of nitrogens with zero attached hydrogens (tertiary/aromatic N) is 5. The van der Waals surface area contributed by atoms with Gasteiger partial charge in [0, 0.05) is 12.4 Å². The van der Waals surface area contributed by atoms with Crippen LogP contribution in [0.3, 0.4) is 0 Å². The number of hydrogen-bond acceptors (Lipinski definition) is 6. The average molecular weight is 338 g/mol. The van der Waals surface area contributed by atoms with Gasteiger partial charge in [0.2, 0.25) is 0 Å². The summed E-state index contributed by atoms with van der Waals surface area (Å²) in [7, 11) is 0. The van der Waals surface area contributed by atoms with Crippen molar-refractivity contribution in [2.45, 2.75) is 20.4 Å². The van der Waals surface area contributed by atoms with E-state index < -0.39 is 0 Å². The molecule has 0 atom stereocenters. The molecule has 0 aliphatic rings. The lowest BCUT2D eigenvalue weighted by Crippen LogP contribution is -2.24. The van der Waals surface area contributed by atoms with Crippen molar-refractivity contribution < 1.29 is 9.53 Å². The van der Waals surface area contributed by atoms with Crippen LogP contribution in [0.15, 0.2) is 42.9 Å². The highest BCUT2D eigenvalue weighted by atomic mass is 16.5. The molecule has 3 rings (SSSR count). The average Bonchev–Trinajstić information content (AvgIpc) is 3.02. The van der Waals surface area contributed by atoms with E-state index in [9.17, 15) is 4.79 Å². The molecule has 2 aromatic heterocycles. The van der Waals surface area contributed by atoms with Gasteiger partial charge in [-0.05, 0) is 38.1 Å². The summed E-state index contributed by atoms with van der Waals surface area (Å²) in [6, 6.07) is 7.59. The first-order valence-corrected chi connectivity index (χ1v) is 7.87. The van der Waals surface area contributed by atoms with Crippen LogP contribution in [0.25, 0.3) is 5.69 Å². The van der Waals surface area contributed by atoms with Crippen LogP contribution in [-0.2, 0) is 6.54 Å². The Hall–Kier alpha value is -3.29. The van der Waals surface area contributed by atoms with Crippen LogP contribution < -0.4 is 10.1 Å². The summed E-state index contributed by atoms with van der Waals surface area (Å²) in [6.07, 6.45) is 4.41. The van der Waals surface area contributed by atoms with E-state index in [1.165, 1.54) is 18.6 Å². The molecular weight excluding hydrogens is 320 g/mol. The summed E-state index contributed by atoms with van der Waals surface area (Å²) in [5, 5.41) is 11.1. The Bertz CT molecular complexity index is 845. The van der Waals surface area contributed by atoms with Gasteiger partial charge in [-0.2, -0.15) is 0 Å². The second-order valence-corrected chi connectivity index (χ2v) is 5.23. The summed E-state index contributed by atoms with van der Waals surface area (Å²) in [5.74, 6) is 0.503. The third-order valence-electron chi connectivity index (χ3n) is 3.59. The topological polar surface area (TPSA) is 94.8 Å². The van der Waals surface area contributed by atoms with E-state index in [0.29, 0.717) is 12.3 Å². The number of ether oxygens (including phenoxy) is 1. The van der Waals surface area contributed by atoms with Gasteiger partial charge in [-0.3, -0.25) is 9.78 Å². The molecule has 0 bridgehead atoms. The molecule has 1 amide bonds. The van der Waals surface area contributed by atoms with E-state index in [0.717, 1.165) is 17.1 Å². The van der Waals surface area contributed by atoms with E-state index in [1.54, 1.807) is 4.68 Å². The second-order valence-electron chi connectivity index (χ2n) is 5.23. The largest absolute Gasteiger partial charge is 0.494 e. The minimum absolute atomic E-state index is 0.262. The van der Waals surface area contributed by atoms with Gasteiger partial charge >= 0.3 is 0 Å². The predicted molar refractivity (Wildman–Crippen MR) is 90.5 cm³/mol. The molecule has 0 unspecified atom stereocenters. The second kappa shape index (κ2) is 7.52. The van der Waals surface area contributed by atoms with Gasteiger partial charge in [-0.25, -0.2) is 9.67 Å². The standard InChI is InChI=1S/C17H18N6O2/c1-3-25-14-6-4-13(5-7-14)23-12(2)15(21-22-23)11-20-17(24)16-10-18-8-9-19-16/h4-10H,3,11H2,1-2H3,(H,20,24). The fourth-order valence-electron chi connectivity index (χ4n) is 2.29. The lowest BCUT2D eigenvalue weighted by atomic mass is 10.2. The zero-order valence-corrected chi connectivity index (χ0v) is 14.0. The van der Waals surface area contributed by atoms with Crippen LogP contribution in [0.2, 0.25) is 0 Å². The van der Waals surface area contributed by atoms with Crippen molar-refractivity contribution in [1.29, 1.82) is 0 Å². The highest BCUT2D eigenvalue weighted by Crippen LogP contribution is 2.17. The first kappa shape index (κ1) is 16.6. The molecule has 1 aromatic carbocycles. The highest BCUT2D eigenvalue weighted by molar-refractivity contribution is 5.91. The van der Waals surface area contributed by atoms with Crippen molar-refractivity contribution >= 4 is 5.91 Å². The minimum Gasteiger partial charge on any atom is -0.494 e. The molecule has 0 saturated carbocycles. The van der Waals surface area contributed by atoms with Crippen LogP contribution in [0.1, 0.15) is 28.8 Å². The molecule has 0 radical (unpaired) electrons. The first-order chi connectivity index (χ1) is 12.2. The maximum absolute atomic E-state index is 12.0. The Morgan fingerprint density at radius 1 is 1.24 bits per heavy atom. The summed E-state index contributed by atoms with van der Waals surface area (Å²) < 4.78 is 7.16. The van der Waals surface area contributed by atoms with Gasteiger partial charge in [-0.15, -0.1) is 5.10 Å². The number of carbonyl (C=O) groups is 1. The summed E-state index contributed by atoms with van der Waals surface area (Å²) >= 11 is 0. The van der Waals surface area contributed by atoms with Crippen LogP contribution >= 0.6 is 0 Å². The summed E-state index contributed by atoms with van der Waals surface area (Å²) in [4.78, 5) is 19.9. The van der Waals surface area contributed by atoms with Gasteiger partial charge in [0.05, 0.1) is 30.7 Å². The predicted octanol–water partition coefficient (Wildman–Crippen LogP) is 1.69. The van der Waals surface area contributed by atoms with Crippen molar-refractivity contribution in [3.8, 4) is 11.4 Å². The molecule has 0 spiro atoms. The lowest BCUT2D eigenvalue weighted by Gasteiger charge is -2.07. The van der Waals surface area contributed by atoms with E-state index >= 15 is 0 Å². The highest BCUT2D eigenvalue weighted by Gasteiger charge is 2.13. The minimum atomic E-state index is -0.303. The van der Waals surface area contributed by atoms with E-state index in [4.69, 9.17) is 4.74 Å². The Morgan fingerprint density at radius 3 is 2.72 bits per heavy atom. The number of hydrogen-bond donors (Lipinski definition) is 1. The van der Waals surface area contributed by atoms with Gasteiger partial charge < -0.3 is 10.1 Å². The van der Waals surface area contributed by atoms with Crippen molar-refractivity contribution in [3.05, 3.63) is 59.9 Å². The van der Waals surface area contributed by atoms with Gasteiger partial charge in [0.15, 0.2) is 0 Å². The third kappa shape index (κ3) is 3.79. The maximum atomic E-state index is 12.0. The van der Waals surface area contributed by atoms with Gasteiger partial charge in [-0.1, -0.05) is 5.21 Å². The SMILES string of the molecule is CCOc1ccc(-n2nnc(CNC(=O)c3cnccn3)c2C)cc1. The molecule has 25 heavy (non-hydrogen) atoms. The fraction of sp³-hybridized carbons (Fsp3) is 0.235. The smallest absolute Gasteiger partial charge is 0.271 e. The quantitative estimate of drug-likeness (QED) is 0.735. The molecule has 0 fully saturated rings. The third-order valence-corrected chi connectivity index (χ3v) is 3.59.